The van der Waals surface area contributed by atoms with E-state index in [0.717, 1.165) is 32.6 Å². The van der Waals surface area contributed by atoms with Crippen molar-refractivity contribution in [3.05, 3.63) is 42.2 Å². The minimum absolute atomic E-state index is 0.275. The molecule has 2 aromatic rings. The third-order valence-electron chi connectivity index (χ3n) is 5.58. The lowest BCUT2D eigenvalue weighted by atomic mass is 9.94. The van der Waals surface area contributed by atoms with Crippen molar-refractivity contribution in [1.29, 1.82) is 0 Å². The summed E-state index contributed by atoms with van der Waals surface area (Å²) in [7, 11) is 0. The molecule has 138 valence electrons. The number of rotatable bonds is 6. The summed E-state index contributed by atoms with van der Waals surface area (Å²) in [5, 5.41) is 11.1. The van der Waals surface area contributed by atoms with E-state index >= 15 is 0 Å². The smallest absolute Gasteiger partial charge is 0.222 e. The summed E-state index contributed by atoms with van der Waals surface area (Å²) < 4.78 is 1.68. The van der Waals surface area contributed by atoms with E-state index in [9.17, 15) is 4.79 Å². The third kappa shape index (κ3) is 4.09. The molecule has 3 aliphatic heterocycles. The summed E-state index contributed by atoms with van der Waals surface area (Å²) in [6, 6.07) is 11.1. The number of piperidine rings is 1. The van der Waals surface area contributed by atoms with Crippen LogP contribution in [-0.2, 0) is 17.9 Å². The molecule has 7 heteroatoms. The van der Waals surface area contributed by atoms with E-state index in [1.807, 2.05) is 0 Å². The fourth-order valence-electron chi connectivity index (χ4n) is 4.23. The van der Waals surface area contributed by atoms with Crippen molar-refractivity contribution in [3.63, 3.8) is 0 Å². The van der Waals surface area contributed by atoms with Crippen LogP contribution >= 0.6 is 0 Å². The molecule has 0 radical (unpaired) electrons. The Kier molecular flexibility index (Phi) is 5.24. The maximum atomic E-state index is 12.7. The molecule has 4 heterocycles. The zero-order valence-corrected chi connectivity index (χ0v) is 15.1. The van der Waals surface area contributed by atoms with Gasteiger partial charge in [0.05, 0.1) is 0 Å². The van der Waals surface area contributed by atoms with E-state index in [4.69, 9.17) is 0 Å². The first-order valence-electron chi connectivity index (χ1n) is 9.54. The molecule has 26 heavy (non-hydrogen) atoms. The van der Waals surface area contributed by atoms with Crippen molar-refractivity contribution in [3.8, 4) is 0 Å². The quantitative estimate of drug-likeness (QED) is 0.788. The molecule has 0 spiro atoms. The Hall–Kier alpha value is -2.28. The molecule has 7 nitrogen and oxygen atoms in total. The number of aryl methyl sites for hydroxylation is 1. The van der Waals surface area contributed by atoms with Gasteiger partial charge in [0.1, 0.15) is 6.33 Å². The van der Waals surface area contributed by atoms with Crippen LogP contribution in [0.4, 0.5) is 0 Å². The standard InChI is InChI=1S/C19H26N6O/c26-19(7-4-10-25-15-20-21-22-25)24-13-17-8-9-18(14-24)23(12-17)11-16-5-2-1-3-6-16/h1-3,5-6,15,17-18H,4,7-14H2/t17-,18-/m1/s1. The summed E-state index contributed by atoms with van der Waals surface area (Å²) in [4.78, 5) is 17.4. The Labute approximate surface area is 154 Å². The van der Waals surface area contributed by atoms with Gasteiger partial charge in [-0.2, -0.15) is 0 Å². The molecule has 2 atom stereocenters. The number of aromatic nitrogens is 4. The van der Waals surface area contributed by atoms with Gasteiger partial charge < -0.3 is 4.90 Å². The average Bonchev–Trinajstić information content (AvgIpc) is 3.01. The largest absolute Gasteiger partial charge is 0.341 e. The lowest BCUT2D eigenvalue weighted by Crippen LogP contribution is -2.43. The first-order valence-corrected chi connectivity index (χ1v) is 9.54. The molecule has 3 fully saturated rings. The number of nitrogens with zero attached hydrogens (tertiary/aromatic N) is 6. The normalized spacial score (nSPS) is 23.2. The number of carbonyl (C=O) groups excluding carboxylic acids is 1. The van der Waals surface area contributed by atoms with E-state index in [1.54, 1.807) is 11.0 Å². The summed E-state index contributed by atoms with van der Waals surface area (Å²) in [5.41, 5.74) is 1.36. The second-order valence-corrected chi connectivity index (χ2v) is 7.49. The Balaban J connectivity index is 1.32. The molecule has 1 aromatic carbocycles. The van der Waals surface area contributed by atoms with Crippen LogP contribution in [0.1, 0.15) is 31.2 Å². The third-order valence-corrected chi connectivity index (χ3v) is 5.58. The van der Waals surface area contributed by atoms with E-state index in [2.05, 4.69) is 55.7 Å². The molecule has 0 aliphatic carbocycles. The van der Waals surface area contributed by atoms with Crippen molar-refractivity contribution in [2.75, 3.05) is 19.6 Å². The van der Waals surface area contributed by atoms with Gasteiger partial charge in [0.15, 0.2) is 0 Å². The molecule has 0 unspecified atom stereocenters. The predicted octanol–water partition coefficient (Wildman–Crippen LogP) is 1.58. The minimum Gasteiger partial charge on any atom is -0.341 e. The van der Waals surface area contributed by atoms with Crippen molar-refractivity contribution >= 4 is 5.91 Å². The molecule has 0 saturated carbocycles. The van der Waals surface area contributed by atoms with Gasteiger partial charge in [-0.1, -0.05) is 30.3 Å². The molecule has 2 bridgehead atoms. The average molecular weight is 354 g/mol. The van der Waals surface area contributed by atoms with E-state index in [-0.39, 0.29) is 5.91 Å². The van der Waals surface area contributed by atoms with E-state index < -0.39 is 0 Å². The van der Waals surface area contributed by atoms with Crippen LogP contribution in [0.25, 0.3) is 0 Å². The highest BCUT2D eigenvalue weighted by Gasteiger charge is 2.36. The van der Waals surface area contributed by atoms with Gasteiger partial charge in [0, 0.05) is 45.2 Å². The molecule has 1 aromatic heterocycles. The number of amides is 1. The van der Waals surface area contributed by atoms with Crippen LogP contribution in [0.3, 0.4) is 0 Å². The number of carbonyl (C=O) groups is 1. The Morgan fingerprint density at radius 3 is 2.81 bits per heavy atom. The summed E-state index contributed by atoms with van der Waals surface area (Å²) in [6.45, 7) is 4.56. The van der Waals surface area contributed by atoms with Crippen LogP contribution in [0.2, 0.25) is 0 Å². The van der Waals surface area contributed by atoms with Gasteiger partial charge >= 0.3 is 0 Å². The van der Waals surface area contributed by atoms with E-state index in [1.165, 1.54) is 18.4 Å². The first-order chi connectivity index (χ1) is 12.8. The van der Waals surface area contributed by atoms with Crippen LogP contribution in [0.15, 0.2) is 36.7 Å². The van der Waals surface area contributed by atoms with Crippen molar-refractivity contribution in [2.45, 2.75) is 44.8 Å². The molecular weight excluding hydrogens is 328 g/mol. The molecule has 3 saturated heterocycles. The van der Waals surface area contributed by atoms with Crippen molar-refractivity contribution < 1.29 is 4.79 Å². The topological polar surface area (TPSA) is 67.2 Å². The number of benzene rings is 1. The van der Waals surface area contributed by atoms with Gasteiger partial charge in [-0.15, -0.1) is 5.10 Å². The lowest BCUT2D eigenvalue weighted by Gasteiger charge is -2.36. The maximum absolute atomic E-state index is 12.7. The zero-order valence-electron chi connectivity index (χ0n) is 15.1. The Bertz CT molecular complexity index is 704. The molecule has 1 amide bonds. The van der Waals surface area contributed by atoms with Crippen LogP contribution in [-0.4, -0.2) is 61.6 Å². The second-order valence-electron chi connectivity index (χ2n) is 7.49. The number of tetrazole rings is 1. The van der Waals surface area contributed by atoms with E-state index in [0.29, 0.717) is 24.9 Å². The first kappa shape index (κ1) is 17.1. The summed E-state index contributed by atoms with van der Waals surface area (Å²) in [5.74, 6) is 0.873. The highest BCUT2D eigenvalue weighted by atomic mass is 16.2. The lowest BCUT2D eigenvalue weighted by molar-refractivity contribution is -0.131. The van der Waals surface area contributed by atoms with Crippen LogP contribution < -0.4 is 0 Å². The van der Waals surface area contributed by atoms with Crippen molar-refractivity contribution in [2.24, 2.45) is 5.92 Å². The number of hydrogen-bond donors (Lipinski definition) is 0. The van der Waals surface area contributed by atoms with Gasteiger partial charge in [0.2, 0.25) is 5.91 Å². The predicted molar refractivity (Wildman–Crippen MR) is 97.0 cm³/mol. The second kappa shape index (κ2) is 7.95. The molecule has 0 N–H and O–H groups in total. The summed E-state index contributed by atoms with van der Waals surface area (Å²) in [6.07, 6.45) is 5.38. The van der Waals surface area contributed by atoms with Crippen LogP contribution in [0.5, 0.6) is 0 Å². The fraction of sp³-hybridized carbons (Fsp3) is 0.579. The van der Waals surface area contributed by atoms with Gasteiger partial charge in [-0.05, 0) is 41.2 Å². The van der Waals surface area contributed by atoms with Gasteiger partial charge in [-0.25, -0.2) is 4.68 Å². The minimum atomic E-state index is 0.275. The molecule has 3 aliphatic rings. The molecule has 5 rings (SSSR count). The Morgan fingerprint density at radius 1 is 1.12 bits per heavy atom. The number of fused-ring (bicyclic) bond motifs is 4. The number of hydrogen-bond acceptors (Lipinski definition) is 5. The monoisotopic (exact) mass is 354 g/mol. The van der Waals surface area contributed by atoms with Crippen LogP contribution in [0, 0.1) is 5.92 Å². The zero-order chi connectivity index (χ0) is 17.8. The summed E-state index contributed by atoms with van der Waals surface area (Å²) >= 11 is 0. The van der Waals surface area contributed by atoms with Gasteiger partial charge in [-0.3, -0.25) is 9.69 Å². The Morgan fingerprint density at radius 2 is 2.00 bits per heavy atom. The maximum Gasteiger partial charge on any atom is 0.222 e. The highest BCUT2D eigenvalue weighted by molar-refractivity contribution is 5.76. The highest BCUT2D eigenvalue weighted by Crippen LogP contribution is 2.29. The SMILES string of the molecule is O=C(CCCn1cnnn1)N1C[C@@H]2CC[C@H](C1)N(Cc1ccccc1)C2. The van der Waals surface area contributed by atoms with Crippen molar-refractivity contribution in [1.82, 2.24) is 30.0 Å². The van der Waals surface area contributed by atoms with Gasteiger partial charge in [0.25, 0.3) is 0 Å². The molecular formula is C19H26N6O. The fourth-order valence-corrected chi connectivity index (χ4v) is 4.23.